The molecule has 2 aliphatic heterocycles. The molecule has 3 heterocycles. The third-order valence-electron chi connectivity index (χ3n) is 6.40. The highest BCUT2D eigenvalue weighted by molar-refractivity contribution is 5.94. The van der Waals surface area contributed by atoms with Crippen molar-refractivity contribution in [3.63, 3.8) is 0 Å². The predicted molar refractivity (Wildman–Crippen MR) is 113 cm³/mol. The van der Waals surface area contributed by atoms with E-state index in [2.05, 4.69) is 10.1 Å². The summed E-state index contributed by atoms with van der Waals surface area (Å²) in [5.41, 5.74) is 2.51. The number of likely N-dealkylation sites (tertiary alicyclic amines) is 1. The van der Waals surface area contributed by atoms with Crippen LogP contribution in [0.5, 0.6) is 0 Å². The first-order valence-corrected chi connectivity index (χ1v) is 10.9. The van der Waals surface area contributed by atoms with E-state index >= 15 is 0 Å². The summed E-state index contributed by atoms with van der Waals surface area (Å²) in [6.45, 7) is 8.70. The van der Waals surface area contributed by atoms with E-state index in [1.165, 1.54) is 24.3 Å². The Hall–Kier alpha value is -2.74. The maximum absolute atomic E-state index is 13.2. The number of carbonyl (C=O) groups is 2. The van der Waals surface area contributed by atoms with Crippen molar-refractivity contribution >= 4 is 11.8 Å². The molecular formula is C23H29FN4O3. The molecule has 0 radical (unpaired) electrons. The van der Waals surface area contributed by atoms with Gasteiger partial charge in [-0.05, 0) is 51.0 Å². The number of nitrogens with zero attached hydrogens (tertiary/aromatic N) is 4. The molecule has 7 nitrogen and oxygen atoms in total. The number of benzene rings is 1. The van der Waals surface area contributed by atoms with Crippen LogP contribution in [0.3, 0.4) is 0 Å². The topological polar surface area (TPSA) is 69.9 Å². The summed E-state index contributed by atoms with van der Waals surface area (Å²) in [5.74, 6) is 0.309. The Morgan fingerprint density at radius 3 is 2.42 bits per heavy atom. The van der Waals surface area contributed by atoms with Gasteiger partial charge in [0.05, 0.1) is 11.6 Å². The fourth-order valence-electron chi connectivity index (χ4n) is 4.47. The van der Waals surface area contributed by atoms with E-state index in [0.717, 1.165) is 49.5 Å². The van der Waals surface area contributed by atoms with Crippen LogP contribution in [0.2, 0.25) is 0 Å². The highest BCUT2D eigenvalue weighted by atomic mass is 19.1. The zero-order valence-electron chi connectivity index (χ0n) is 18.1. The highest BCUT2D eigenvalue weighted by Crippen LogP contribution is 2.22. The summed E-state index contributed by atoms with van der Waals surface area (Å²) in [4.78, 5) is 31.9. The van der Waals surface area contributed by atoms with Crippen molar-refractivity contribution < 1.29 is 18.5 Å². The van der Waals surface area contributed by atoms with Gasteiger partial charge in [0.25, 0.3) is 5.91 Å². The lowest BCUT2D eigenvalue weighted by atomic mass is 9.95. The number of piperazine rings is 1. The summed E-state index contributed by atoms with van der Waals surface area (Å²) in [6, 6.07) is 5.59. The molecule has 4 rings (SSSR count). The van der Waals surface area contributed by atoms with Crippen LogP contribution in [0.4, 0.5) is 4.39 Å². The lowest BCUT2D eigenvalue weighted by Gasteiger charge is -2.39. The summed E-state index contributed by atoms with van der Waals surface area (Å²) < 4.78 is 18.4. The fourth-order valence-corrected chi connectivity index (χ4v) is 4.47. The number of rotatable bonds is 4. The van der Waals surface area contributed by atoms with Gasteiger partial charge in [-0.1, -0.05) is 5.16 Å². The number of carbonyl (C=O) groups excluding carboxylic acids is 2. The monoisotopic (exact) mass is 428 g/mol. The Kier molecular flexibility index (Phi) is 6.36. The Morgan fingerprint density at radius 2 is 1.77 bits per heavy atom. The molecule has 0 saturated carbocycles. The van der Waals surface area contributed by atoms with Crippen LogP contribution in [0.1, 0.15) is 40.2 Å². The van der Waals surface area contributed by atoms with Crippen molar-refractivity contribution in [1.82, 2.24) is 19.9 Å². The molecule has 2 saturated heterocycles. The molecule has 0 spiro atoms. The van der Waals surface area contributed by atoms with Crippen molar-refractivity contribution in [2.45, 2.75) is 33.2 Å². The largest absolute Gasteiger partial charge is 0.361 e. The summed E-state index contributed by atoms with van der Waals surface area (Å²) in [7, 11) is 0. The van der Waals surface area contributed by atoms with Gasteiger partial charge in [0.1, 0.15) is 11.6 Å². The van der Waals surface area contributed by atoms with Crippen molar-refractivity contribution in [2.24, 2.45) is 5.92 Å². The van der Waals surface area contributed by atoms with Crippen LogP contribution in [0.15, 0.2) is 28.8 Å². The number of halogens is 1. The molecule has 1 unspecified atom stereocenters. The molecule has 1 atom stereocenters. The van der Waals surface area contributed by atoms with Gasteiger partial charge in [-0.15, -0.1) is 0 Å². The summed E-state index contributed by atoms with van der Waals surface area (Å²) in [6.07, 6.45) is 1.60. The van der Waals surface area contributed by atoms with Crippen LogP contribution in [0.25, 0.3) is 0 Å². The number of aryl methyl sites for hydroxylation is 2. The summed E-state index contributed by atoms with van der Waals surface area (Å²) in [5, 5.41) is 4.02. The van der Waals surface area contributed by atoms with Gasteiger partial charge in [-0.3, -0.25) is 14.5 Å². The minimum Gasteiger partial charge on any atom is -0.361 e. The van der Waals surface area contributed by atoms with E-state index < -0.39 is 0 Å². The van der Waals surface area contributed by atoms with Crippen LogP contribution in [-0.4, -0.2) is 70.9 Å². The third kappa shape index (κ3) is 4.79. The van der Waals surface area contributed by atoms with E-state index in [0.29, 0.717) is 31.7 Å². The number of aromatic nitrogens is 1. The standard InChI is InChI=1S/C23H29FN4O3/c1-16-21(17(2)31-25-16)15-26-10-12-27(13-11-26)23(30)19-4-3-9-28(14-19)22(29)18-5-7-20(24)8-6-18/h5-8,19H,3-4,9-15H2,1-2H3. The SMILES string of the molecule is Cc1noc(C)c1CN1CCN(C(=O)C2CCCN(C(=O)c3ccc(F)cc3)C2)CC1. The van der Waals surface area contributed by atoms with E-state index in [1.54, 1.807) is 4.90 Å². The first-order chi connectivity index (χ1) is 14.9. The zero-order chi connectivity index (χ0) is 22.0. The Labute approximate surface area is 181 Å². The van der Waals surface area contributed by atoms with E-state index in [9.17, 15) is 14.0 Å². The Bertz CT molecular complexity index is 915. The number of hydrogen-bond donors (Lipinski definition) is 0. The Balaban J connectivity index is 1.31. The molecule has 2 fully saturated rings. The molecule has 8 heteroatoms. The van der Waals surface area contributed by atoms with Gasteiger partial charge in [0, 0.05) is 56.9 Å². The number of amides is 2. The molecule has 166 valence electrons. The van der Waals surface area contributed by atoms with Gasteiger partial charge in [0.15, 0.2) is 0 Å². The minimum atomic E-state index is -0.364. The molecule has 2 aromatic rings. The van der Waals surface area contributed by atoms with E-state index in [1.807, 2.05) is 18.7 Å². The van der Waals surface area contributed by atoms with Crippen molar-refractivity contribution in [1.29, 1.82) is 0 Å². The maximum Gasteiger partial charge on any atom is 0.253 e. The second kappa shape index (κ2) is 9.18. The average molecular weight is 429 g/mol. The maximum atomic E-state index is 13.2. The zero-order valence-corrected chi connectivity index (χ0v) is 18.1. The smallest absolute Gasteiger partial charge is 0.253 e. The molecule has 31 heavy (non-hydrogen) atoms. The van der Waals surface area contributed by atoms with Crippen LogP contribution in [0, 0.1) is 25.6 Å². The van der Waals surface area contributed by atoms with Gasteiger partial charge in [-0.25, -0.2) is 4.39 Å². The first kappa shape index (κ1) is 21.5. The molecule has 0 bridgehead atoms. The second-order valence-electron chi connectivity index (χ2n) is 8.50. The van der Waals surface area contributed by atoms with Gasteiger partial charge >= 0.3 is 0 Å². The lowest BCUT2D eigenvalue weighted by molar-refractivity contribution is -0.138. The second-order valence-corrected chi connectivity index (χ2v) is 8.50. The Morgan fingerprint density at radius 1 is 1.06 bits per heavy atom. The van der Waals surface area contributed by atoms with Crippen molar-refractivity contribution in [2.75, 3.05) is 39.3 Å². The van der Waals surface area contributed by atoms with Crippen LogP contribution < -0.4 is 0 Å². The third-order valence-corrected chi connectivity index (χ3v) is 6.40. The highest BCUT2D eigenvalue weighted by Gasteiger charge is 2.33. The van der Waals surface area contributed by atoms with E-state index in [4.69, 9.17) is 4.52 Å². The summed E-state index contributed by atoms with van der Waals surface area (Å²) >= 11 is 0. The predicted octanol–water partition coefficient (Wildman–Crippen LogP) is 2.63. The van der Waals surface area contributed by atoms with Crippen molar-refractivity contribution in [3.05, 3.63) is 52.7 Å². The number of piperidine rings is 1. The molecule has 2 amide bonds. The normalized spacial score (nSPS) is 20.2. The fraction of sp³-hybridized carbons (Fsp3) is 0.522. The van der Waals surface area contributed by atoms with Crippen LogP contribution >= 0.6 is 0 Å². The molecule has 0 aliphatic carbocycles. The average Bonchev–Trinajstić information content (AvgIpc) is 3.11. The lowest BCUT2D eigenvalue weighted by Crippen LogP contribution is -2.52. The number of hydrogen-bond acceptors (Lipinski definition) is 5. The molecule has 1 aromatic carbocycles. The first-order valence-electron chi connectivity index (χ1n) is 10.9. The van der Waals surface area contributed by atoms with Crippen LogP contribution in [-0.2, 0) is 11.3 Å². The van der Waals surface area contributed by atoms with E-state index in [-0.39, 0.29) is 23.5 Å². The van der Waals surface area contributed by atoms with Gasteiger partial charge < -0.3 is 14.3 Å². The quantitative estimate of drug-likeness (QED) is 0.749. The molecule has 1 aromatic heterocycles. The van der Waals surface area contributed by atoms with Gasteiger partial charge in [0.2, 0.25) is 5.91 Å². The minimum absolute atomic E-state index is 0.133. The van der Waals surface area contributed by atoms with Gasteiger partial charge in [-0.2, -0.15) is 0 Å². The molecule has 0 N–H and O–H groups in total. The molecular weight excluding hydrogens is 399 g/mol. The van der Waals surface area contributed by atoms with Crippen molar-refractivity contribution in [3.8, 4) is 0 Å². The molecule has 2 aliphatic rings.